The van der Waals surface area contributed by atoms with Gasteiger partial charge in [-0.05, 0) is 63.2 Å². The van der Waals surface area contributed by atoms with E-state index < -0.39 is 15.8 Å². The predicted octanol–water partition coefficient (Wildman–Crippen LogP) is 9.25. The minimum atomic E-state index is -0.559. The van der Waals surface area contributed by atoms with Crippen LogP contribution in [0.1, 0.15) is 123 Å². The zero-order valence-electron chi connectivity index (χ0n) is 27.7. The monoisotopic (exact) mass is 589 g/mol. The average molecular weight is 590 g/mol. The smallest absolute Gasteiger partial charge is 0.309 e. The number of hydrogen-bond acceptors (Lipinski definition) is 6. The Morgan fingerprint density at radius 3 is 1.63 bits per heavy atom. The second-order valence-electron chi connectivity index (χ2n) is 16.2. The molecule has 0 N–H and O–H groups in total. The van der Waals surface area contributed by atoms with Gasteiger partial charge in [-0.3, -0.25) is 9.59 Å². The van der Waals surface area contributed by atoms with Gasteiger partial charge in [0.1, 0.15) is 9.13 Å². The summed E-state index contributed by atoms with van der Waals surface area (Å²) in [6, 6.07) is 0. The molecule has 0 rings (SSSR count). The highest BCUT2D eigenvalue weighted by Crippen LogP contribution is 2.48. The highest BCUT2D eigenvalue weighted by molar-refractivity contribution is 8.48. The number of rotatable bonds is 11. The van der Waals surface area contributed by atoms with Crippen LogP contribution in [0, 0.1) is 28.1 Å². The van der Waals surface area contributed by atoms with Crippen LogP contribution in [0.3, 0.4) is 0 Å². The summed E-state index contributed by atoms with van der Waals surface area (Å²) < 4.78 is 6.44. The molecule has 7 heteroatoms. The molecule has 2 unspecified atom stereocenters. The molecule has 0 radical (unpaired) electrons. The molecule has 0 aliphatic carbocycles. The maximum Gasteiger partial charge on any atom is 0.309 e. The number of hydrogen-bond donors (Lipinski definition) is 0. The van der Waals surface area contributed by atoms with Gasteiger partial charge in [0.2, 0.25) is 5.91 Å². The minimum Gasteiger partial charge on any atom is -0.459 e. The molecule has 0 aromatic carbocycles. The third-order valence-electron chi connectivity index (χ3n) is 6.83. The van der Waals surface area contributed by atoms with E-state index in [4.69, 9.17) is 17.0 Å². The molecule has 0 aromatic rings. The minimum absolute atomic E-state index is 0.00311. The Kier molecular flexibility index (Phi) is 13.0. The Hall–Kier alpha value is -0.270. The molecular formula is C31H59NO3S3. The fourth-order valence-corrected chi connectivity index (χ4v) is 10.0. The number of esters is 1. The summed E-state index contributed by atoms with van der Waals surface area (Å²) in [6.07, 6.45) is 2.35. The molecule has 4 nitrogen and oxygen atoms in total. The SMILES string of the molecule is CC(C(=O)OC(C)(C)CC(C)(C)C)C(C)(C)CC(C(=O)N(C)C)C(C)(C)SC(=S)SC(C)(C)CC(C)(C)C. The van der Waals surface area contributed by atoms with Crippen molar-refractivity contribution in [3.05, 3.63) is 0 Å². The summed E-state index contributed by atoms with van der Waals surface area (Å²) in [5.74, 6) is -0.835. The average Bonchev–Trinajstić information content (AvgIpc) is 2.58. The lowest BCUT2D eigenvalue weighted by molar-refractivity contribution is -0.168. The number of carbonyl (C=O) groups excluding carboxylic acids is 2. The number of thiocarbonyl (C=S) groups is 1. The Labute approximate surface area is 249 Å². The van der Waals surface area contributed by atoms with Gasteiger partial charge in [0.15, 0.2) is 0 Å². The third-order valence-corrected chi connectivity index (χ3v) is 9.67. The molecule has 0 spiro atoms. The van der Waals surface area contributed by atoms with Crippen molar-refractivity contribution in [3.8, 4) is 0 Å². The van der Waals surface area contributed by atoms with Crippen molar-refractivity contribution in [1.82, 2.24) is 4.90 Å². The number of thioether (sulfide) groups is 2. The highest BCUT2D eigenvalue weighted by Gasteiger charge is 2.45. The topological polar surface area (TPSA) is 46.6 Å². The van der Waals surface area contributed by atoms with Gasteiger partial charge in [-0.15, -0.1) is 23.5 Å². The lowest BCUT2D eigenvalue weighted by atomic mass is 9.70. The number of ether oxygens (including phenoxy) is 1. The first-order valence-electron chi connectivity index (χ1n) is 13.9. The molecule has 0 bridgehead atoms. The van der Waals surface area contributed by atoms with Crippen LogP contribution in [0.2, 0.25) is 0 Å². The normalized spacial score (nSPS) is 15.6. The van der Waals surface area contributed by atoms with E-state index in [-0.39, 0.29) is 39.3 Å². The first-order chi connectivity index (χ1) is 16.5. The molecule has 0 saturated heterocycles. The van der Waals surface area contributed by atoms with Gasteiger partial charge < -0.3 is 9.64 Å². The van der Waals surface area contributed by atoms with Crippen LogP contribution in [-0.4, -0.2) is 49.5 Å². The van der Waals surface area contributed by atoms with Crippen LogP contribution >= 0.6 is 35.7 Å². The summed E-state index contributed by atoms with van der Waals surface area (Å²) in [7, 11) is 3.60. The van der Waals surface area contributed by atoms with Gasteiger partial charge in [-0.1, -0.05) is 88.4 Å². The molecule has 0 saturated carbocycles. The lowest BCUT2D eigenvalue weighted by Gasteiger charge is -2.42. The summed E-state index contributed by atoms with van der Waals surface area (Å²) in [4.78, 5) is 28.5. The Balaban J connectivity index is 5.86. The van der Waals surface area contributed by atoms with E-state index in [0.717, 1.165) is 16.4 Å². The highest BCUT2D eigenvalue weighted by atomic mass is 32.2. The maximum atomic E-state index is 13.5. The number of nitrogens with zero attached hydrogens (tertiary/aromatic N) is 1. The van der Waals surface area contributed by atoms with E-state index in [1.807, 2.05) is 20.8 Å². The second kappa shape index (κ2) is 13.1. The standard InChI is InChI=1S/C31H59NO3S3/c1-21(24(34)35-29(10,11)19-26(2,3)4)28(8,9)18-22(23(33)32(16)17)31(14,15)38-25(36)37-30(12,13)20-27(5,6)7/h21-22H,18-20H2,1-17H3. The van der Waals surface area contributed by atoms with E-state index in [1.165, 1.54) is 0 Å². The molecule has 38 heavy (non-hydrogen) atoms. The van der Waals surface area contributed by atoms with Crippen LogP contribution in [-0.2, 0) is 14.3 Å². The second-order valence-corrected chi connectivity index (χ2v) is 20.7. The Morgan fingerprint density at radius 1 is 0.789 bits per heavy atom. The van der Waals surface area contributed by atoms with Gasteiger partial charge >= 0.3 is 5.97 Å². The van der Waals surface area contributed by atoms with Gasteiger partial charge in [0.05, 0.1) is 11.8 Å². The molecule has 0 fully saturated rings. The largest absolute Gasteiger partial charge is 0.459 e. The fraction of sp³-hybridized carbons (Fsp3) is 0.903. The van der Waals surface area contributed by atoms with Crippen LogP contribution in [0.4, 0.5) is 0 Å². The summed E-state index contributed by atoms with van der Waals surface area (Å²) in [5.41, 5.74) is -0.767. The van der Waals surface area contributed by atoms with Gasteiger partial charge in [0, 0.05) is 23.6 Å². The zero-order chi connectivity index (χ0) is 30.7. The van der Waals surface area contributed by atoms with E-state index in [2.05, 4.69) is 83.1 Å². The van der Waals surface area contributed by atoms with Crippen LogP contribution < -0.4 is 0 Å². The molecular weight excluding hydrogens is 531 g/mol. The van der Waals surface area contributed by atoms with Gasteiger partial charge in [-0.2, -0.15) is 0 Å². The van der Waals surface area contributed by atoms with Crippen molar-refractivity contribution in [2.45, 2.75) is 138 Å². The molecule has 1 amide bonds. The summed E-state index contributed by atoms with van der Waals surface area (Å²) >= 11 is 9.22. The third kappa shape index (κ3) is 13.9. The number of amides is 1. The molecule has 0 aliphatic heterocycles. The van der Waals surface area contributed by atoms with Crippen molar-refractivity contribution in [1.29, 1.82) is 0 Å². The van der Waals surface area contributed by atoms with Crippen LogP contribution in [0.25, 0.3) is 0 Å². The van der Waals surface area contributed by atoms with Crippen LogP contribution in [0.15, 0.2) is 0 Å². The molecule has 0 heterocycles. The van der Waals surface area contributed by atoms with E-state index >= 15 is 0 Å². The van der Waals surface area contributed by atoms with Crippen LogP contribution in [0.5, 0.6) is 0 Å². The van der Waals surface area contributed by atoms with E-state index in [0.29, 0.717) is 6.42 Å². The fourth-order valence-electron chi connectivity index (χ4n) is 5.48. The molecule has 2 atom stereocenters. The van der Waals surface area contributed by atoms with Crippen molar-refractivity contribution >= 4 is 51.1 Å². The van der Waals surface area contributed by atoms with Crippen molar-refractivity contribution in [2.75, 3.05) is 14.1 Å². The first-order valence-corrected chi connectivity index (χ1v) is 15.9. The van der Waals surface area contributed by atoms with Gasteiger partial charge in [0.25, 0.3) is 0 Å². The molecule has 0 aliphatic rings. The van der Waals surface area contributed by atoms with Gasteiger partial charge in [-0.25, -0.2) is 0 Å². The van der Waals surface area contributed by atoms with E-state index in [1.54, 1.807) is 42.5 Å². The zero-order valence-corrected chi connectivity index (χ0v) is 30.1. The lowest BCUT2D eigenvalue weighted by Crippen LogP contribution is -2.46. The van der Waals surface area contributed by atoms with Crippen molar-refractivity contribution in [3.63, 3.8) is 0 Å². The Morgan fingerprint density at radius 2 is 1.24 bits per heavy atom. The van der Waals surface area contributed by atoms with E-state index in [9.17, 15) is 9.59 Å². The number of carbonyl (C=O) groups is 2. The quantitative estimate of drug-likeness (QED) is 0.177. The predicted molar refractivity (Wildman–Crippen MR) is 174 cm³/mol. The summed E-state index contributed by atoms with van der Waals surface area (Å²) in [5, 5.41) is 0. The molecule has 0 aromatic heterocycles. The maximum absolute atomic E-state index is 13.5. The first kappa shape index (κ1) is 37.7. The van der Waals surface area contributed by atoms with Crippen molar-refractivity contribution < 1.29 is 14.3 Å². The summed E-state index contributed by atoms with van der Waals surface area (Å²) in [6.45, 7) is 31.9. The Bertz CT molecular complexity index is 830. The van der Waals surface area contributed by atoms with Crippen molar-refractivity contribution in [2.24, 2.45) is 28.1 Å². The molecule has 224 valence electrons.